The fraction of sp³-hybridized carbons (Fsp3) is 0.800. The summed E-state index contributed by atoms with van der Waals surface area (Å²) in [6.07, 6.45) is 0. The number of hydrogen-bond donors (Lipinski definition) is 3. The zero-order valence-corrected chi connectivity index (χ0v) is 11.0. The van der Waals surface area contributed by atoms with Gasteiger partial charge in [-0.05, 0) is 13.8 Å². The first-order valence-electron chi connectivity index (χ1n) is 5.02. The van der Waals surface area contributed by atoms with Crippen LogP contribution in [0.1, 0.15) is 20.8 Å². The highest BCUT2D eigenvalue weighted by Crippen LogP contribution is 2.12. The molecule has 0 aromatic carbocycles. The molecule has 0 aromatic rings. The van der Waals surface area contributed by atoms with Crippen molar-refractivity contribution in [3.8, 4) is 0 Å². The van der Waals surface area contributed by atoms with Gasteiger partial charge < -0.3 is 15.3 Å². The largest absolute Gasteiger partial charge is 0.394 e. The normalized spacial score (nSPS) is 13.1. The molecule has 0 heterocycles. The van der Waals surface area contributed by atoms with E-state index in [2.05, 4.69) is 17.9 Å². The van der Waals surface area contributed by atoms with Crippen molar-refractivity contribution in [2.45, 2.75) is 32.4 Å². The molecule has 0 radical (unpaired) electrons. The van der Waals surface area contributed by atoms with Crippen LogP contribution >= 0.6 is 12.6 Å². The fourth-order valence-electron chi connectivity index (χ4n) is 1.07. The molecule has 0 fully saturated rings. The second kappa shape index (κ2) is 6.10. The Bertz CT molecular complexity index is 269. The topological polar surface area (TPSA) is 69.6 Å². The third-order valence-electron chi connectivity index (χ3n) is 2.48. The number of carbonyl (C=O) groups excluding carboxylic acids is 2. The lowest BCUT2D eigenvalue weighted by molar-refractivity contribution is -0.139. The highest BCUT2D eigenvalue weighted by molar-refractivity contribution is 7.80. The number of nitrogens with one attached hydrogen (secondary N) is 1. The van der Waals surface area contributed by atoms with Gasteiger partial charge >= 0.3 is 0 Å². The second-order valence-corrected chi connectivity index (χ2v) is 4.67. The molecule has 2 N–H and O–H groups in total. The van der Waals surface area contributed by atoms with Gasteiger partial charge in [0, 0.05) is 19.7 Å². The van der Waals surface area contributed by atoms with Gasteiger partial charge in [0.05, 0.1) is 12.1 Å². The van der Waals surface area contributed by atoms with Crippen molar-refractivity contribution in [2.24, 2.45) is 0 Å². The summed E-state index contributed by atoms with van der Waals surface area (Å²) in [4.78, 5) is 24.3. The Morgan fingerprint density at radius 3 is 2.31 bits per heavy atom. The van der Waals surface area contributed by atoms with Gasteiger partial charge in [0.25, 0.3) is 0 Å². The van der Waals surface area contributed by atoms with Crippen molar-refractivity contribution in [3.63, 3.8) is 0 Å². The van der Waals surface area contributed by atoms with Crippen molar-refractivity contribution in [1.82, 2.24) is 10.2 Å². The van der Waals surface area contributed by atoms with Gasteiger partial charge in [0.15, 0.2) is 0 Å². The molecule has 1 atom stereocenters. The number of carbonyl (C=O) groups is 2. The summed E-state index contributed by atoms with van der Waals surface area (Å²) >= 11 is 4.02. The van der Waals surface area contributed by atoms with E-state index in [0.717, 1.165) is 0 Å². The predicted molar refractivity (Wildman–Crippen MR) is 65.4 cm³/mol. The van der Waals surface area contributed by atoms with E-state index in [0.29, 0.717) is 0 Å². The van der Waals surface area contributed by atoms with Gasteiger partial charge in [-0.2, -0.15) is 12.6 Å². The van der Waals surface area contributed by atoms with Crippen LogP contribution in [0.3, 0.4) is 0 Å². The zero-order chi connectivity index (χ0) is 12.9. The molecule has 0 rings (SSSR count). The Labute approximate surface area is 102 Å². The predicted octanol–water partition coefficient (Wildman–Crippen LogP) is -0.350. The highest BCUT2D eigenvalue weighted by Gasteiger charge is 2.31. The lowest BCUT2D eigenvalue weighted by Crippen LogP contribution is -2.55. The van der Waals surface area contributed by atoms with E-state index in [9.17, 15) is 9.59 Å². The number of hydrogen-bond acceptors (Lipinski definition) is 4. The molecule has 0 saturated carbocycles. The number of aliphatic hydroxyl groups excluding tert-OH is 1. The van der Waals surface area contributed by atoms with Gasteiger partial charge in [-0.15, -0.1) is 0 Å². The molecule has 94 valence electrons. The standard InChI is InChI=1S/C10H20N2O3S/c1-7(14)11-8(5-16)9(15)12(4)10(2,3)6-13/h8,13,16H,5-6H2,1-4H3,(H,11,14). The maximum Gasteiger partial charge on any atom is 0.246 e. The number of aliphatic hydroxyl groups is 1. The molecule has 16 heavy (non-hydrogen) atoms. The first kappa shape index (κ1) is 15.2. The molecular formula is C10H20N2O3S. The summed E-state index contributed by atoms with van der Waals surface area (Å²) in [7, 11) is 1.59. The van der Waals surface area contributed by atoms with Gasteiger partial charge in [0.2, 0.25) is 11.8 Å². The number of amides is 2. The maximum atomic E-state index is 12.0. The lowest BCUT2D eigenvalue weighted by Gasteiger charge is -2.36. The summed E-state index contributed by atoms with van der Waals surface area (Å²) < 4.78 is 0. The van der Waals surface area contributed by atoms with Crippen molar-refractivity contribution in [2.75, 3.05) is 19.4 Å². The van der Waals surface area contributed by atoms with Crippen LogP contribution in [0.25, 0.3) is 0 Å². The third-order valence-corrected chi connectivity index (χ3v) is 2.85. The molecule has 0 bridgehead atoms. The number of nitrogens with zero attached hydrogens (tertiary/aromatic N) is 1. The van der Waals surface area contributed by atoms with Crippen LogP contribution in [0.15, 0.2) is 0 Å². The van der Waals surface area contributed by atoms with Crippen LogP contribution < -0.4 is 5.32 Å². The summed E-state index contributed by atoms with van der Waals surface area (Å²) in [5.41, 5.74) is -0.656. The molecule has 0 aliphatic rings. The van der Waals surface area contributed by atoms with Crippen LogP contribution in [0.2, 0.25) is 0 Å². The minimum atomic E-state index is -0.656. The molecule has 6 heteroatoms. The molecule has 5 nitrogen and oxygen atoms in total. The van der Waals surface area contributed by atoms with E-state index >= 15 is 0 Å². The molecule has 0 spiro atoms. The van der Waals surface area contributed by atoms with Gasteiger partial charge in [-0.3, -0.25) is 9.59 Å². The number of thiol groups is 1. The highest BCUT2D eigenvalue weighted by atomic mass is 32.1. The van der Waals surface area contributed by atoms with E-state index in [1.807, 2.05) is 0 Å². The summed E-state index contributed by atoms with van der Waals surface area (Å²) in [6.45, 7) is 4.69. The summed E-state index contributed by atoms with van der Waals surface area (Å²) in [5, 5.41) is 11.7. The molecule has 2 amide bonds. The van der Waals surface area contributed by atoms with Crippen LogP contribution in [-0.4, -0.2) is 52.8 Å². The second-order valence-electron chi connectivity index (χ2n) is 4.30. The van der Waals surface area contributed by atoms with Crippen molar-refractivity contribution in [1.29, 1.82) is 0 Å². The Morgan fingerprint density at radius 1 is 1.50 bits per heavy atom. The quantitative estimate of drug-likeness (QED) is 0.583. The molecule has 0 saturated heterocycles. The lowest BCUT2D eigenvalue weighted by atomic mass is 10.0. The Balaban J connectivity index is 4.68. The SMILES string of the molecule is CC(=O)NC(CS)C(=O)N(C)C(C)(C)CO. The molecule has 0 aromatic heterocycles. The summed E-state index contributed by atoms with van der Waals surface area (Å²) in [5.74, 6) is -0.309. The van der Waals surface area contributed by atoms with E-state index in [1.54, 1.807) is 20.9 Å². The van der Waals surface area contributed by atoms with Crippen molar-refractivity contribution in [3.05, 3.63) is 0 Å². The van der Waals surface area contributed by atoms with Gasteiger partial charge in [0.1, 0.15) is 6.04 Å². The smallest absolute Gasteiger partial charge is 0.246 e. The van der Waals surface area contributed by atoms with Crippen LogP contribution in [0.4, 0.5) is 0 Å². The number of likely N-dealkylation sites (N-methyl/N-ethyl adjacent to an activating group) is 1. The summed E-state index contributed by atoms with van der Waals surface area (Å²) in [6, 6.07) is -0.656. The first-order chi connectivity index (χ1) is 7.26. The zero-order valence-electron chi connectivity index (χ0n) is 10.1. The fourth-order valence-corrected chi connectivity index (χ4v) is 1.32. The number of rotatable bonds is 5. The minimum Gasteiger partial charge on any atom is -0.394 e. The average molecular weight is 248 g/mol. The molecule has 0 aliphatic heterocycles. The third kappa shape index (κ3) is 4.02. The maximum absolute atomic E-state index is 12.0. The van der Waals surface area contributed by atoms with Crippen LogP contribution in [-0.2, 0) is 9.59 Å². The van der Waals surface area contributed by atoms with E-state index in [1.165, 1.54) is 11.8 Å². The average Bonchev–Trinajstić information content (AvgIpc) is 2.23. The first-order valence-corrected chi connectivity index (χ1v) is 5.66. The van der Waals surface area contributed by atoms with Crippen molar-refractivity contribution < 1.29 is 14.7 Å². The molecule has 0 aliphatic carbocycles. The molecule has 1 unspecified atom stereocenters. The van der Waals surface area contributed by atoms with Crippen LogP contribution in [0, 0.1) is 0 Å². The van der Waals surface area contributed by atoms with Crippen LogP contribution in [0.5, 0.6) is 0 Å². The van der Waals surface area contributed by atoms with Gasteiger partial charge in [-0.1, -0.05) is 0 Å². The van der Waals surface area contributed by atoms with E-state index in [-0.39, 0.29) is 24.2 Å². The molecular weight excluding hydrogens is 228 g/mol. The monoisotopic (exact) mass is 248 g/mol. The Kier molecular flexibility index (Phi) is 5.81. The minimum absolute atomic E-state index is 0.144. The Morgan fingerprint density at radius 2 is 2.00 bits per heavy atom. The van der Waals surface area contributed by atoms with Gasteiger partial charge in [-0.25, -0.2) is 0 Å². The van der Waals surface area contributed by atoms with Crippen molar-refractivity contribution >= 4 is 24.4 Å². The van der Waals surface area contributed by atoms with E-state index < -0.39 is 11.6 Å². The van der Waals surface area contributed by atoms with E-state index in [4.69, 9.17) is 5.11 Å². The Hall–Kier alpha value is -0.750.